The quantitative estimate of drug-likeness (QED) is 0.604. The van der Waals surface area contributed by atoms with Crippen LogP contribution in [-0.2, 0) is 4.79 Å². The maximum Gasteiger partial charge on any atom is 0.236 e. The highest BCUT2D eigenvalue weighted by atomic mass is 32.2. The molecule has 2 aromatic carbocycles. The van der Waals surface area contributed by atoms with Crippen LogP contribution in [0.1, 0.15) is 4.88 Å². The van der Waals surface area contributed by atoms with Gasteiger partial charge in [-0.15, -0.1) is 23.1 Å². The van der Waals surface area contributed by atoms with Gasteiger partial charge in [0, 0.05) is 15.3 Å². The molecule has 1 amide bonds. The third kappa shape index (κ3) is 4.42. The first kappa shape index (κ1) is 18.4. The second kappa shape index (κ2) is 8.33. The lowest BCUT2D eigenvalue weighted by molar-refractivity contribution is -0.113. The van der Waals surface area contributed by atoms with Crippen LogP contribution in [0.5, 0.6) is 5.75 Å². The number of benzene rings is 2. The van der Waals surface area contributed by atoms with Crippen LogP contribution in [0.25, 0.3) is 11.3 Å². The number of anilines is 1. The summed E-state index contributed by atoms with van der Waals surface area (Å²) in [4.78, 5) is 18.1. The molecule has 1 N–H and O–H groups in total. The van der Waals surface area contributed by atoms with Crippen molar-refractivity contribution in [2.45, 2.75) is 11.8 Å². The largest absolute Gasteiger partial charge is 0.497 e. The Morgan fingerprint density at radius 2 is 1.96 bits per heavy atom. The van der Waals surface area contributed by atoms with Crippen LogP contribution < -0.4 is 10.1 Å². The first-order valence-electron chi connectivity index (χ1n) is 7.86. The fraction of sp³-hybridized carbons (Fsp3) is 0.158. The van der Waals surface area contributed by atoms with Gasteiger partial charge in [0.2, 0.25) is 5.91 Å². The van der Waals surface area contributed by atoms with E-state index in [4.69, 9.17) is 4.74 Å². The number of nitrogens with one attached hydrogen (secondary N) is 1. The van der Waals surface area contributed by atoms with E-state index in [0.29, 0.717) is 10.0 Å². The summed E-state index contributed by atoms with van der Waals surface area (Å²) in [6.45, 7) is 1.96. The first-order chi connectivity index (χ1) is 12.6. The number of nitrogens with zero attached hydrogens (tertiary/aromatic N) is 1. The zero-order valence-electron chi connectivity index (χ0n) is 14.3. The zero-order chi connectivity index (χ0) is 18.5. The number of thioether (sulfide) groups is 1. The average Bonchev–Trinajstić information content (AvgIpc) is 3.01. The summed E-state index contributed by atoms with van der Waals surface area (Å²) < 4.78 is 18.8. The Labute approximate surface area is 159 Å². The van der Waals surface area contributed by atoms with Crippen LogP contribution in [0, 0.1) is 12.7 Å². The van der Waals surface area contributed by atoms with Gasteiger partial charge in [-0.25, -0.2) is 9.37 Å². The van der Waals surface area contributed by atoms with Gasteiger partial charge in [0.25, 0.3) is 0 Å². The van der Waals surface area contributed by atoms with Crippen molar-refractivity contribution in [1.82, 2.24) is 4.98 Å². The molecule has 0 fully saturated rings. The lowest BCUT2D eigenvalue weighted by atomic mass is 10.1. The fourth-order valence-electron chi connectivity index (χ4n) is 2.33. The molecule has 0 radical (unpaired) electrons. The van der Waals surface area contributed by atoms with E-state index < -0.39 is 0 Å². The summed E-state index contributed by atoms with van der Waals surface area (Å²) in [5.74, 6) is 0.364. The first-order valence-corrected chi connectivity index (χ1v) is 9.66. The molecule has 0 saturated heterocycles. The van der Waals surface area contributed by atoms with Crippen LogP contribution in [0.15, 0.2) is 53.4 Å². The zero-order valence-corrected chi connectivity index (χ0v) is 15.9. The molecule has 0 saturated carbocycles. The van der Waals surface area contributed by atoms with Gasteiger partial charge in [-0.1, -0.05) is 12.1 Å². The summed E-state index contributed by atoms with van der Waals surface area (Å²) in [6.07, 6.45) is 0. The van der Waals surface area contributed by atoms with E-state index in [1.54, 1.807) is 25.3 Å². The van der Waals surface area contributed by atoms with Crippen molar-refractivity contribution in [1.29, 1.82) is 0 Å². The van der Waals surface area contributed by atoms with Gasteiger partial charge in [-0.3, -0.25) is 4.79 Å². The number of ether oxygens (including phenoxy) is 1. The number of rotatable bonds is 6. The number of carbonyl (C=O) groups excluding carboxylic acids is 1. The lowest BCUT2D eigenvalue weighted by Crippen LogP contribution is -2.13. The van der Waals surface area contributed by atoms with Crippen molar-refractivity contribution in [3.8, 4) is 17.0 Å². The normalized spacial score (nSPS) is 10.6. The van der Waals surface area contributed by atoms with Crippen LogP contribution in [-0.4, -0.2) is 23.8 Å². The SMILES string of the molecule is COc1ccc(-c2nc(NC(=O)CSc3ccccc3F)sc2C)cc1. The molecular formula is C19H17FN2O2S2. The van der Waals surface area contributed by atoms with Gasteiger partial charge in [-0.05, 0) is 43.3 Å². The molecule has 3 aromatic rings. The van der Waals surface area contributed by atoms with Crippen molar-refractivity contribution in [2.75, 3.05) is 18.2 Å². The number of amides is 1. The van der Waals surface area contributed by atoms with Gasteiger partial charge < -0.3 is 10.1 Å². The predicted molar refractivity (Wildman–Crippen MR) is 105 cm³/mol. The minimum absolute atomic E-state index is 0.122. The predicted octanol–water partition coefficient (Wildman–Crippen LogP) is 5.00. The maximum atomic E-state index is 13.6. The van der Waals surface area contributed by atoms with Crippen LogP contribution in [0.4, 0.5) is 9.52 Å². The van der Waals surface area contributed by atoms with Crippen molar-refractivity contribution in [3.63, 3.8) is 0 Å². The molecule has 4 nitrogen and oxygen atoms in total. The van der Waals surface area contributed by atoms with E-state index in [0.717, 1.165) is 33.6 Å². The summed E-state index contributed by atoms with van der Waals surface area (Å²) in [5, 5.41) is 3.32. The lowest BCUT2D eigenvalue weighted by Gasteiger charge is -2.03. The minimum atomic E-state index is -0.322. The molecule has 0 bridgehead atoms. The molecule has 0 spiro atoms. The third-order valence-corrected chi connectivity index (χ3v) is 5.54. The summed E-state index contributed by atoms with van der Waals surface area (Å²) >= 11 is 2.58. The molecule has 7 heteroatoms. The van der Waals surface area contributed by atoms with Crippen molar-refractivity contribution in [3.05, 3.63) is 59.2 Å². The minimum Gasteiger partial charge on any atom is -0.497 e. The summed E-state index contributed by atoms with van der Waals surface area (Å²) in [6, 6.07) is 14.0. The Morgan fingerprint density at radius 1 is 1.23 bits per heavy atom. The molecule has 1 aromatic heterocycles. The van der Waals surface area contributed by atoms with E-state index in [1.807, 2.05) is 31.2 Å². The van der Waals surface area contributed by atoms with Crippen LogP contribution in [0.2, 0.25) is 0 Å². The van der Waals surface area contributed by atoms with Crippen molar-refractivity contribution >= 4 is 34.1 Å². The molecule has 1 heterocycles. The van der Waals surface area contributed by atoms with Crippen LogP contribution >= 0.6 is 23.1 Å². The number of carbonyl (C=O) groups is 1. The number of methoxy groups -OCH3 is 1. The van der Waals surface area contributed by atoms with Crippen molar-refractivity contribution in [2.24, 2.45) is 0 Å². The maximum absolute atomic E-state index is 13.6. The van der Waals surface area contributed by atoms with Gasteiger partial charge >= 0.3 is 0 Å². The molecule has 0 aliphatic carbocycles. The highest BCUT2D eigenvalue weighted by Gasteiger charge is 2.13. The second-order valence-electron chi connectivity index (χ2n) is 5.42. The second-order valence-corrected chi connectivity index (χ2v) is 7.64. The molecular weight excluding hydrogens is 371 g/mol. The molecule has 0 aliphatic heterocycles. The number of thiazole rings is 1. The molecule has 3 rings (SSSR count). The monoisotopic (exact) mass is 388 g/mol. The standard InChI is InChI=1S/C19H17FN2O2S2/c1-12-18(13-7-9-14(24-2)10-8-13)22-19(26-12)21-17(23)11-25-16-6-4-3-5-15(16)20/h3-10H,11H2,1-2H3,(H,21,22,23). The van der Waals surface area contributed by atoms with E-state index in [2.05, 4.69) is 10.3 Å². The van der Waals surface area contributed by atoms with Crippen molar-refractivity contribution < 1.29 is 13.9 Å². The van der Waals surface area contributed by atoms with Gasteiger partial charge in [0.15, 0.2) is 5.13 Å². The smallest absolute Gasteiger partial charge is 0.236 e. The van der Waals surface area contributed by atoms with E-state index in [9.17, 15) is 9.18 Å². The van der Waals surface area contributed by atoms with E-state index >= 15 is 0 Å². The van der Waals surface area contributed by atoms with Gasteiger partial charge in [-0.2, -0.15) is 0 Å². The Balaban J connectivity index is 1.65. The van der Waals surface area contributed by atoms with Crippen LogP contribution in [0.3, 0.4) is 0 Å². The summed E-state index contributed by atoms with van der Waals surface area (Å²) in [7, 11) is 1.62. The number of halogens is 1. The highest BCUT2D eigenvalue weighted by molar-refractivity contribution is 8.00. The van der Waals surface area contributed by atoms with E-state index in [-0.39, 0.29) is 17.5 Å². The van der Waals surface area contributed by atoms with E-state index in [1.165, 1.54) is 17.4 Å². The number of hydrogen-bond donors (Lipinski definition) is 1. The third-order valence-electron chi connectivity index (χ3n) is 3.60. The fourth-order valence-corrected chi connectivity index (χ4v) is 3.92. The Hall–Kier alpha value is -2.38. The average molecular weight is 388 g/mol. The number of aryl methyl sites for hydroxylation is 1. The Kier molecular flexibility index (Phi) is 5.90. The topological polar surface area (TPSA) is 51.2 Å². The molecule has 0 aliphatic rings. The highest BCUT2D eigenvalue weighted by Crippen LogP contribution is 2.31. The van der Waals surface area contributed by atoms with Gasteiger partial charge in [0.1, 0.15) is 11.6 Å². The summed E-state index contributed by atoms with van der Waals surface area (Å²) in [5.41, 5.74) is 1.79. The Bertz CT molecular complexity index is 910. The molecule has 134 valence electrons. The number of hydrogen-bond acceptors (Lipinski definition) is 5. The molecule has 0 atom stereocenters. The molecule has 0 unspecified atom stereocenters. The Morgan fingerprint density at radius 3 is 2.65 bits per heavy atom. The number of aromatic nitrogens is 1. The van der Waals surface area contributed by atoms with Gasteiger partial charge in [0.05, 0.1) is 18.6 Å². The molecule has 26 heavy (non-hydrogen) atoms.